The average molecular weight is 165 g/mol. The molecular formula is C11H19N. The van der Waals surface area contributed by atoms with Gasteiger partial charge in [-0.2, -0.15) is 0 Å². The Bertz CT molecular complexity index is 177. The summed E-state index contributed by atoms with van der Waals surface area (Å²) in [7, 11) is 0. The van der Waals surface area contributed by atoms with Crippen LogP contribution in [0.2, 0.25) is 0 Å². The summed E-state index contributed by atoms with van der Waals surface area (Å²) in [6, 6.07) is 0. The molecule has 0 radical (unpaired) electrons. The molecule has 68 valence electrons. The Morgan fingerprint density at radius 1 is 1.50 bits per heavy atom. The van der Waals surface area contributed by atoms with Gasteiger partial charge in [-0.15, -0.1) is 0 Å². The molecule has 0 N–H and O–H groups in total. The van der Waals surface area contributed by atoms with Gasteiger partial charge in [-0.3, -0.25) is 4.99 Å². The van der Waals surface area contributed by atoms with Crippen LogP contribution in [0.25, 0.3) is 0 Å². The summed E-state index contributed by atoms with van der Waals surface area (Å²) in [4.78, 5) is 4.32. The molecule has 0 aliphatic heterocycles. The van der Waals surface area contributed by atoms with Gasteiger partial charge in [0.25, 0.3) is 0 Å². The van der Waals surface area contributed by atoms with Crippen LogP contribution in [-0.2, 0) is 0 Å². The van der Waals surface area contributed by atoms with Crippen LogP contribution in [0.5, 0.6) is 0 Å². The molecule has 0 aromatic rings. The van der Waals surface area contributed by atoms with Crippen molar-refractivity contribution in [1.29, 1.82) is 0 Å². The van der Waals surface area contributed by atoms with Crippen molar-refractivity contribution in [3.05, 3.63) is 24.4 Å². The zero-order valence-electron chi connectivity index (χ0n) is 8.38. The molecule has 0 saturated heterocycles. The molecule has 0 bridgehead atoms. The molecule has 1 atom stereocenters. The number of hydrogen-bond acceptors (Lipinski definition) is 1. The molecule has 0 spiro atoms. The second kappa shape index (κ2) is 6.84. The van der Waals surface area contributed by atoms with Gasteiger partial charge in [-0.05, 0) is 18.8 Å². The minimum absolute atomic E-state index is 0.557. The molecular weight excluding hydrogens is 146 g/mol. The Morgan fingerprint density at radius 2 is 2.17 bits per heavy atom. The largest absolute Gasteiger partial charge is 0.261 e. The van der Waals surface area contributed by atoms with E-state index in [9.17, 15) is 0 Å². The lowest BCUT2D eigenvalue weighted by atomic mass is 10.0. The average Bonchev–Trinajstić information content (AvgIpc) is 2.11. The maximum Gasteiger partial charge on any atom is 0.0391 e. The van der Waals surface area contributed by atoms with Crippen LogP contribution in [-0.4, -0.2) is 6.21 Å². The highest BCUT2D eigenvalue weighted by atomic mass is 14.7. The molecule has 0 amide bonds. The van der Waals surface area contributed by atoms with Crippen molar-refractivity contribution in [2.75, 3.05) is 0 Å². The van der Waals surface area contributed by atoms with E-state index in [1.807, 2.05) is 0 Å². The Hall–Kier alpha value is -0.850. The number of allylic oxidation sites excluding steroid dienone is 3. The highest BCUT2D eigenvalue weighted by Crippen LogP contribution is 2.15. The van der Waals surface area contributed by atoms with E-state index in [1.54, 1.807) is 12.3 Å². The Kier molecular flexibility index (Phi) is 6.35. The van der Waals surface area contributed by atoms with E-state index in [0.29, 0.717) is 5.92 Å². The summed E-state index contributed by atoms with van der Waals surface area (Å²) >= 11 is 0. The molecule has 0 aliphatic rings. The van der Waals surface area contributed by atoms with Gasteiger partial charge >= 0.3 is 0 Å². The van der Waals surface area contributed by atoms with Crippen molar-refractivity contribution in [3.8, 4) is 0 Å². The monoisotopic (exact) mass is 165 g/mol. The quantitative estimate of drug-likeness (QED) is 0.552. The van der Waals surface area contributed by atoms with Gasteiger partial charge in [0.15, 0.2) is 0 Å². The van der Waals surface area contributed by atoms with Gasteiger partial charge in [0.2, 0.25) is 0 Å². The van der Waals surface area contributed by atoms with E-state index in [-0.39, 0.29) is 0 Å². The van der Waals surface area contributed by atoms with Gasteiger partial charge in [-0.25, -0.2) is 0 Å². The summed E-state index contributed by atoms with van der Waals surface area (Å²) in [5, 5.41) is 0. The van der Waals surface area contributed by atoms with Crippen molar-refractivity contribution in [2.45, 2.75) is 33.6 Å². The Balaban J connectivity index is 4.32. The topological polar surface area (TPSA) is 12.4 Å². The van der Waals surface area contributed by atoms with Crippen molar-refractivity contribution >= 4 is 6.21 Å². The van der Waals surface area contributed by atoms with Crippen molar-refractivity contribution in [1.82, 2.24) is 0 Å². The molecule has 1 unspecified atom stereocenters. The second-order valence-electron chi connectivity index (χ2n) is 2.86. The fraction of sp³-hybridized carbons (Fsp3) is 0.545. The minimum Gasteiger partial charge on any atom is -0.261 e. The smallest absolute Gasteiger partial charge is 0.0391 e. The molecule has 0 aliphatic carbocycles. The van der Waals surface area contributed by atoms with Crippen molar-refractivity contribution < 1.29 is 0 Å². The zero-order valence-corrected chi connectivity index (χ0v) is 8.38. The first-order valence-electron chi connectivity index (χ1n) is 4.61. The fourth-order valence-corrected chi connectivity index (χ4v) is 0.938. The van der Waals surface area contributed by atoms with Crippen LogP contribution >= 0.6 is 0 Å². The first-order chi connectivity index (χ1) is 5.76. The molecule has 0 saturated carbocycles. The minimum atomic E-state index is 0.557. The third kappa shape index (κ3) is 4.12. The highest BCUT2D eigenvalue weighted by Gasteiger charge is 2.02. The summed E-state index contributed by atoms with van der Waals surface area (Å²) in [5.41, 5.74) is 1.18. The third-order valence-electron chi connectivity index (χ3n) is 1.86. The van der Waals surface area contributed by atoms with Crippen molar-refractivity contribution in [2.24, 2.45) is 10.9 Å². The van der Waals surface area contributed by atoms with Gasteiger partial charge in [0, 0.05) is 11.9 Å². The first kappa shape index (κ1) is 11.2. The summed E-state index contributed by atoms with van der Waals surface area (Å²) < 4.78 is 0. The summed E-state index contributed by atoms with van der Waals surface area (Å²) in [6.07, 6.45) is 7.84. The molecule has 0 aromatic heterocycles. The number of rotatable bonds is 5. The standard InChI is InChI=1S/C11H19N/c1-5-8-11(10(4)7-3)12-9-6-2/h6,8-10H,2,5,7H2,1,3-4H3/b11-8-,12-9?. The van der Waals surface area contributed by atoms with Crippen LogP contribution in [0.3, 0.4) is 0 Å². The molecule has 0 aromatic carbocycles. The summed E-state index contributed by atoms with van der Waals surface area (Å²) in [5.74, 6) is 0.557. The van der Waals surface area contributed by atoms with Gasteiger partial charge < -0.3 is 0 Å². The van der Waals surface area contributed by atoms with Crippen LogP contribution < -0.4 is 0 Å². The number of aliphatic imine (C=N–C) groups is 1. The lowest BCUT2D eigenvalue weighted by Crippen LogP contribution is -1.95. The molecule has 1 heteroatoms. The normalized spacial score (nSPS) is 15.1. The van der Waals surface area contributed by atoms with E-state index in [1.165, 1.54) is 5.70 Å². The highest BCUT2D eigenvalue weighted by molar-refractivity contribution is 5.71. The second-order valence-corrected chi connectivity index (χ2v) is 2.86. The first-order valence-corrected chi connectivity index (χ1v) is 4.61. The predicted octanol–water partition coefficient (Wildman–Crippen LogP) is 3.58. The van der Waals surface area contributed by atoms with E-state index >= 15 is 0 Å². The molecule has 0 fully saturated rings. The van der Waals surface area contributed by atoms with Crippen LogP contribution in [0.15, 0.2) is 29.4 Å². The number of hydrogen-bond donors (Lipinski definition) is 0. The van der Waals surface area contributed by atoms with Crippen LogP contribution in [0.4, 0.5) is 0 Å². The molecule has 0 rings (SSSR count). The van der Waals surface area contributed by atoms with E-state index < -0.39 is 0 Å². The maximum atomic E-state index is 4.32. The SMILES string of the molecule is C=CC=N/C(=C\CC)C(C)CC. The molecule has 12 heavy (non-hydrogen) atoms. The van der Waals surface area contributed by atoms with Gasteiger partial charge in [0.05, 0.1) is 0 Å². The fourth-order valence-electron chi connectivity index (χ4n) is 0.938. The Labute approximate surface area is 75.9 Å². The maximum absolute atomic E-state index is 4.32. The lowest BCUT2D eigenvalue weighted by molar-refractivity contribution is 0.646. The molecule has 0 heterocycles. The zero-order chi connectivity index (χ0) is 9.40. The van der Waals surface area contributed by atoms with Gasteiger partial charge in [0.1, 0.15) is 0 Å². The third-order valence-corrected chi connectivity index (χ3v) is 1.86. The molecule has 1 nitrogen and oxygen atoms in total. The van der Waals surface area contributed by atoms with E-state index in [4.69, 9.17) is 0 Å². The Morgan fingerprint density at radius 3 is 2.58 bits per heavy atom. The summed E-state index contributed by atoms with van der Waals surface area (Å²) in [6.45, 7) is 10.1. The predicted molar refractivity (Wildman–Crippen MR) is 56.5 cm³/mol. The van der Waals surface area contributed by atoms with Crippen LogP contribution in [0.1, 0.15) is 33.6 Å². The van der Waals surface area contributed by atoms with Crippen molar-refractivity contribution in [3.63, 3.8) is 0 Å². The van der Waals surface area contributed by atoms with E-state index in [0.717, 1.165) is 12.8 Å². The number of nitrogens with zero attached hydrogens (tertiary/aromatic N) is 1. The van der Waals surface area contributed by atoms with Gasteiger partial charge in [-0.1, -0.05) is 39.5 Å². The van der Waals surface area contributed by atoms with E-state index in [2.05, 4.69) is 38.4 Å². The lowest BCUT2D eigenvalue weighted by Gasteiger charge is -2.08. The van der Waals surface area contributed by atoms with Crippen LogP contribution in [0, 0.1) is 5.92 Å².